The number of aliphatic hydroxyl groups is 1. The van der Waals surface area contributed by atoms with E-state index in [1.807, 2.05) is 54.6 Å². The highest BCUT2D eigenvalue weighted by atomic mass is 16.5. The second-order valence-corrected chi connectivity index (χ2v) is 5.05. The summed E-state index contributed by atoms with van der Waals surface area (Å²) in [5.74, 6) is 0. The van der Waals surface area contributed by atoms with E-state index in [0.29, 0.717) is 13.2 Å². The second kappa shape index (κ2) is 8.92. The van der Waals surface area contributed by atoms with Crippen molar-refractivity contribution < 1.29 is 14.6 Å². The van der Waals surface area contributed by atoms with Gasteiger partial charge in [0, 0.05) is 25.8 Å². The lowest BCUT2D eigenvalue weighted by molar-refractivity contribution is 0.142. The third-order valence-corrected chi connectivity index (χ3v) is 3.48. The molecule has 0 aliphatic carbocycles. The molecule has 2 aromatic rings. The van der Waals surface area contributed by atoms with Crippen LogP contribution in [-0.4, -0.2) is 49.5 Å². The largest absolute Gasteiger partial charge is 0.395 e. The number of benzene rings is 2. The number of rotatable bonds is 7. The van der Waals surface area contributed by atoms with Gasteiger partial charge in [0.1, 0.15) is 0 Å². The molecule has 0 spiro atoms. The Hall–Kier alpha value is -2.37. The summed E-state index contributed by atoms with van der Waals surface area (Å²) in [5.41, 5.74) is 2.73. The summed E-state index contributed by atoms with van der Waals surface area (Å²) in [6.07, 6.45) is 0. The number of amides is 2. The van der Waals surface area contributed by atoms with E-state index in [4.69, 9.17) is 9.84 Å². The molecule has 0 aliphatic heterocycles. The van der Waals surface area contributed by atoms with Crippen molar-refractivity contribution in [1.82, 2.24) is 4.90 Å². The average Bonchev–Trinajstić information content (AvgIpc) is 2.59. The summed E-state index contributed by atoms with van der Waals surface area (Å²) in [6, 6.07) is 17.3. The first kappa shape index (κ1) is 17.0. The lowest BCUT2D eigenvalue weighted by atomic mass is 10.0. The van der Waals surface area contributed by atoms with Gasteiger partial charge in [-0.25, -0.2) is 4.79 Å². The van der Waals surface area contributed by atoms with E-state index in [9.17, 15) is 4.79 Å². The van der Waals surface area contributed by atoms with Gasteiger partial charge < -0.3 is 20.1 Å². The standard InChI is InChI=1S/C18H22N2O3/c1-23-14-12-20(11-13-21)18(22)19-17-10-6-5-9-16(17)15-7-3-2-4-8-15/h2-10,21H,11-14H2,1H3,(H,19,22). The molecule has 5 nitrogen and oxygen atoms in total. The Morgan fingerprint density at radius 1 is 1.09 bits per heavy atom. The molecule has 122 valence electrons. The van der Waals surface area contributed by atoms with E-state index in [-0.39, 0.29) is 19.2 Å². The summed E-state index contributed by atoms with van der Waals surface area (Å²) >= 11 is 0. The molecule has 5 heteroatoms. The van der Waals surface area contributed by atoms with Gasteiger partial charge >= 0.3 is 6.03 Å². The molecule has 2 rings (SSSR count). The molecule has 0 unspecified atom stereocenters. The van der Waals surface area contributed by atoms with Crippen molar-refractivity contribution in [3.05, 3.63) is 54.6 Å². The lowest BCUT2D eigenvalue weighted by Crippen LogP contribution is -2.39. The average molecular weight is 314 g/mol. The van der Waals surface area contributed by atoms with E-state index in [1.165, 1.54) is 4.90 Å². The molecule has 0 heterocycles. The topological polar surface area (TPSA) is 61.8 Å². The third kappa shape index (κ3) is 4.81. The molecule has 0 atom stereocenters. The fourth-order valence-electron chi connectivity index (χ4n) is 2.29. The van der Waals surface area contributed by atoms with Crippen molar-refractivity contribution in [3.63, 3.8) is 0 Å². The Morgan fingerprint density at radius 3 is 2.48 bits per heavy atom. The number of carbonyl (C=O) groups excluding carboxylic acids is 1. The number of anilines is 1. The molecular weight excluding hydrogens is 292 g/mol. The molecule has 2 aromatic carbocycles. The van der Waals surface area contributed by atoms with Crippen LogP contribution in [0.1, 0.15) is 0 Å². The number of urea groups is 1. The minimum atomic E-state index is -0.250. The van der Waals surface area contributed by atoms with Gasteiger partial charge in [0.25, 0.3) is 0 Å². The zero-order chi connectivity index (χ0) is 16.5. The van der Waals surface area contributed by atoms with Gasteiger partial charge in [-0.15, -0.1) is 0 Å². The Kier molecular flexibility index (Phi) is 6.59. The molecule has 0 bridgehead atoms. The van der Waals surface area contributed by atoms with Crippen molar-refractivity contribution in [2.24, 2.45) is 0 Å². The van der Waals surface area contributed by atoms with Crippen LogP contribution in [0, 0.1) is 0 Å². The molecule has 0 saturated heterocycles. The van der Waals surface area contributed by atoms with Crippen LogP contribution in [0.25, 0.3) is 11.1 Å². The fourth-order valence-corrected chi connectivity index (χ4v) is 2.29. The molecule has 0 aromatic heterocycles. The van der Waals surface area contributed by atoms with Gasteiger partial charge in [-0.2, -0.15) is 0 Å². The molecule has 0 saturated carbocycles. The maximum atomic E-state index is 12.4. The number of ether oxygens (including phenoxy) is 1. The van der Waals surface area contributed by atoms with Gasteiger partial charge in [0.2, 0.25) is 0 Å². The summed E-state index contributed by atoms with van der Waals surface area (Å²) in [5, 5.41) is 12.0. The van der Waals surface area contributed by atoms with Crippen LogP contribution in [-0.2, 0) is 4.74 Å². The first-order valence-corrected chi connectivity index (χ1v) is 7.56. The minimum absolute atomic E-state index is 0.0858. The van der Waals surface area contributed by atoms with E-state index in [1.54, 1.807) is 7.11 Å². The number of aliphatic hydroxyl groups excluding tert-OH is 1. The van der Waals surface area contributed by atoms with Gasteiger partial charge in [-0.3, -0.25) is 0 Å². The predicted molar refractivity (Wildman–Crippen MR) is 91.4 cm³/mol. The monoisotopic (exact) mass is 314 g/mol. The summed E-state index contributed by atoms with van der Waals surface area (Å²) in [7, 11) is 1.58. The first-order valence-electron chi connectivity index (χ1n) is 7.56. The maximum Gasteiger partial charge on any atom is 0.322 e. The van der Waals surface area contributed by atoms with Crippen LogP contribution in [0.2, 0.25) is 0 Å². The van der Waals surface area contributed by atoms with Crippen molar-refractivity contribution in [2.45, 2.75) is 0 Å². The van der Waals surface area contributed by atoms with Crippen molar-refractivity contribution in [2.75, 3.05) is 38.7 Å². The molecule has 23 heavy (non-hydrogen) atoms. The number of nitrogens with zero attached hydrogens (tertiary/aromatic N) is 1. The second-order valence-electron chi connectivity index (χ2n) is 5.05. The summed E-state index contributed by atoms with van der Waals surface area (Å²) in [4.78, 5) is 14.0. The molecule has 0 radical (unpaired) electrons. The highest BCUT2D eigenvalue weighted by Crippen LogP contribution is 2.27. The van der Waals surface area contributed by atoms with Crippen LogP contribution >= 0.6 is 0 Å². The van der Waals surface area contributed by atoms with E-state index in [0.717, 1.165) is 16.8 Å². The zero-order valence-electron chi connectivity index (χ0n) is 13.2. The Bertz CT molecular complexity index is 617. The maximum absolute atomic E-state index is 12.4. The first-order chi connectivity index (χ1) is 11.3. The van der Waals surface area contributed by atoms with E-state index < -0.39 is 0 Å². The quantitative estimate of drug-likeness (QED) is 0.826. The molecule has 0 fully saturated rings. The summed E-state index contributed by atoms with van der Waals surface area (Å²) in [6.45, 7) is 1.03. The Balaban J connectivity index is 2.17. The Labute approximate surface area is 136 Å². The number of methoxy groups -OCH3 is 1. The number of para-hydroxylation sites is 1. The van der Waals surface area contributed by atoms with Crippen molar-refractivity contribution in [3.8, 4) is 11.1 Å². The summed E-state index contributed by atoms with van der Waals surface area (Å²) < 4.78 is 5.01. The highest BCUT2D eigenvalue weighted by Gasteiger charge is 2.14. The van der Waals surface area contributed by atoms with E-state index >= 15 is 0 Å². The highest BCUT2D eigenvalue weighted by molar-refractivity contribution is 5.94. The van der Waals surface area contributed by atoms with Crippen LogP contribution in [0.3, 0.4) is 0 Å². The minimum Gasteiger partial charge on any atom is -0.395 e. The van der Waals surface area contributed by atoms with Crippen LogP contribution < -0.4 is 5.32 Å². The van der Waals surface area contributed by atoms with E-state index in [2.05, 4.69) is 5.32 Å². The fraction of sp³-hybridized carbons (Fsp3) is 0.278. The molecule has 0 aliphatic rings. The lowest BCUT2D eigenvalue weighted by Gasteiger charge is -2.22. The van der Waals surface area contributed by atoms with Crippen LogP contribution in [0.4, 0.5) is 10.5 Å². The van der Waals surface area contributed by atoms with Gasteiger partial charge in [-0.1, -0.05) is 48.5 Å². The number of nitrogens with one attached hydrogen (secondary N) is 1. The molecule has 2 amide bonds. The van der Waals surface area contributed by atoms with Crippen LogP contribution in [0.5, 0.6) is 0 Å². The molecular formula is C18H22N2O3. The number of hydrogen-bond acceptors (Lipinski definition) is 3. The van der Waals surface area contributed by atoms with Crippen molar-refractivity contribution >= 4 is 11.7 Å². The number of hydrogen-bond donors (Lipinski definition) is 2. The Morgan fingerprint density at radius 2 is 1.78 bits per heavy atom. The van der Waals surface area contributed by atoms with Gasteiger partial charge in [0.05, 0.1) is 18.9 Å². The third-order valence-electron chi connectivity index (χ3n) is 3.48. The zero-order valence-corrected chi connectivity index (χ0v) is 13.2. The van der Waals surface area contributed by atoms with Crippen LogP contribution in [0.15, 0.2) is 54.6 Å². The number of carbonyl (C=O) groups is 1. The normalized spacial score (nSPS) is 10.3. The smallest absolute Gasteiger partial charge is 0.322 e. The van der Waals surface area contributed by atoms with Crippen molar-refractivity contribution in [1.29, 1.82) is 0 Å². The molecule has 2 N–H and O–H groups in total. The predicted octanol–water partition coefficient (Wildman–Crippen LogP) is 2.83. The SMILES string of the molecule is COCCN(CCO)C(=O)Nc1ccccc1-c1ccccc1. The van der Waals surface area contributed by atoms with Gasteiger partial charge in [0.15, 0.2) is 0 Å². The van der Waals surface area contributed by atoms with Gasteiger partial charge in [-0.05, 0) is 11.6 Å².